The Bertz CT molecular complexity index is 585. The molecule has 4 N–H and O–H groups in total. The Morgan fingerprint density at radius 3 is 3.00 bits per heavy atom. The zero-order valence-corrected chi connectivity index (χ0v) is 12.3. The maximum Gasteiger partial charge on any atom is 0.239 e. The topological polar surface area (TPSA) is 93.0 Å². The second-order valence-corrected chi connectivity index (χ2v) is 4.48. The fourth-order valence-electron chi connectivity index (χ4n) is 1.82. The molecule has 0 saturated carbocycles. The van der Waals surface area contributed by atoms with Gasteiger partial charge in [0.25, 0.3) is 0 Å². The molecule has 1 atom stereocenters. The molecule has 7 heteroatoms. The largest absolute Gasteiger partial charge is 0.383 e. The number of amides is 1. The molecule has 1 aromatic carbocycles. The predicted molar refractivity (Wildman–Crippen MR) is 79.8 cm³/mol. The number of aromatic amines is 1. The highest BCUT2D eigenvalue weighted by Crippen LogP contribution is 2.12. The average molecular weight is 299 g/mol. The predicted octanol–water partition coefficient (Wildman–Crippen LogP) is 0.883. The third-order valence-corrected chi connectivity index (χ3v) is 2.80. The molecule has 110 valence electrons. The molecule has 6 nitrogen and oxygen atoms in total. The second-order valence-electron chi connectivity index (χ2n) is 4.48. The van der Waals surface area contributed by atoms with Crippen molar-refractivity contribution in [3.63, 3.8) is 0 Å². The number of hydrogen-bond acceptors (Lipinski definition) is 4. The highest BCUT2D eigenvalue weighted by atomic mass is 35.5. The number of aromatic nitrogens is 2. The third kappa shape index (κ3) is 3.93. The van der Waals surface area contributed by atoms with E-state index in [1.165, 1.54) is 7.11 Å². The average Bonchev–Trinajstić information content (AvgIpc) is 2.78. The molecule has 20 heavy (non-hydrogen) atoms. The minimum absolute atomic E-state index is 0. The first-order valence-electron chi connectivity index (χ1n) is 6.07. The number of nitrogens with one attached hydrogen (secondary N) is 2. The number of hydrogen-bond donors (Lipinski definition) is 3. The summed E-state index contributed by atoms with van der Waals surface area (Å²) in [6.07, 6.45) is 0. The maximum atomic E-state index is 11.6. The van der Waals surface area contributed by atoms with Crippen LogP contribution in [-0.2, 0) is 16.1 Å². The minimum Gasteiger partial charge on any atom is -0.383 e. The van der Waals surface area contributed by atoms with E-state index < -0.39 is 6.04 Å². The number of ether oxygens (including phenoxy) is 1. The number of nitrogens with zero attached hydrogens (tertiary/aromatic N) is 1. The molecule has 1 amide bonds. The molecule has 1 aromatic heterocycles. The molecule has 0 fully saturated rings. The second kappa shape index (κ2) is 7.23. The fourth-order valence-corrected chi connectivity index (χ4v) is 1.82. The van der Waals surface area contributed by atoms with Gasteiger partial charge >= 0.3 is 0 Å². The number of imidazole rings is 1. The number of H-pyrrole nitrogens is 1. The lowest BCUT2D eigenvalue weighted by atomic mass is 10.2. The van der Waals surface area contributed by atoms with E-state index in [1.807, 2.05) is 25.1 Å². The first-order valence-corrected chi connectivity index (χ1v) is 6.07. The van der Waals surface area contributed by atoms with Crippen molar-refractivity contribution in [3.05, 3.63) is 29.6 Å². The molecule has 0 aliphatic carbocycles. The Morgan fingerprint density at radius 2 is 2.30 bits per heavy atom. The quantitative estimate of drug-likeness (QED) is 0.764. The lowest BCUT2D eigenvalue weighted by Gasteiger charge is -2.09. The molecule has 1 heterocycles. The van der Waals surface area contributed by atoms with Crippen LogP contribution in [0.4, 0.5) is 0 Å². The van der Waals surface area contributed by atoms with Crippen molar-refractivity contribution in [2.75, 3.05) is 13.7 Å². The van der Waals surface area contributed by atoms with Crippen molar-refractivity contribution in [2.24, 2.45) is 5.73 Å². The first kappa shape index (κ1) is 16.4. The number of carbonyl (C=O) groups is 1. The summed E-state index contributed by atoms with van der Waals surface area (Å²) >= 11 is 0. The lowest BCUT2D eigenvalue weighted by Crippen LogP contribution is -2.43. The normalized spacial score (nSPS) is 11.9. The molecule has 0 saturated heterocycles. The maximum absolute atomic E-state index is 11.6. The van der Waals surface area contributed by atoms with Gasteiger partial charge in [0.2, 0.25) is 5.91 Å². The zero-order valence-electron chi connectivity index (χ0n) is 11.5. The van der Waals surface area contributed by atoms with Gasteiger partial charge in [-0.25, -0.2) is 4.98 Å². The van der Waals surface area contributed by atoms with Gasteiger partial charge in [-0.2, -0.15) is 0 Å². The summed E-state index contributed by atoms with van der Waals surface area (Å²) in [6.45, 7) is 2.54. The van der Waals surface area contributed by atoms with Gasteiger partial charge in [-0.1, -0.05) is 6.07 Å². The Labute approximate surface area is 123 Å². The highest BCUT2D eigenvalue weighted by molar-refractivity contribution is 5.85. The van der Waals surface area contributed by atoms with Gasteiger partial charge in [-0.05, 0) is 24.6 Å². The number of benzene rings is 1. The monoisotopic (exact) mass is 298 g/mol. The summed E-state index contributed by atoms with van der Waals surface area (Å²) < 4.78 is 4.83. The Hall–Kier alpha value is -1.63. The van der Waals surface area contributed by atoms with Gasteiger partial charge in [-0.3, -0.25) is 4.79 Å². The van der Waals surface area contributed by atoms with Gasteiger partial charge in [0.05, 0.1) is 24.2 Å². The van der Waals surface area contributed by atoms with E-state index in [9.17, 15) is 4.79 Å². The van der Waals surface area contributed by atoms with Crippen molar-refractivity contribution in [2.45, 2.75) is 19.5 Å². The van der Waals surface area contributed by atoms with Crippen LogP contribution in [0.5, 0.6) is 0 Å². The number of nitrogens with two attached hydrogens (primary N) is 1. The van der Waals surface area contributed by atoms with Gasteiger partial charge in [0.1, 0.15) is 11.9 Å². The number of carbonyl (C=O) groups excluding carboxylic acids is 1. The molecule has 2 aromatic rings. The summed E-state index contributed by atoms with van der Waals surface area (Å²) in [6, 6.07) is 5.31. The molecule has 0 radical (unpaired) electrons. The summed E-state index contributed by atoms with van der Waals surface area (Å²) in [5.74, 6) is 0.456. The van der Waals surface area contributed by atoms with Gasteiger partial charge in [0, 0.05) is 7.11 Å². The number of halogens is 1. The molecule has 1 unspecified atom stereocenters. The van der Waals surface area contributed by atoms with E-state index in [2.05, 4.69) is 15.3 Å². The minimum atomic E-state index is -0.656. The van der Waals surface area contributed by atoms with E-state index >= 15 is 0 Å². The van der Waals surface area contributed by atoms with E-state index in [0.717, 1.165) is 16.6 Å². The van der Waals surface area contributed by atoms with Crippen LogP contribution in [0, 0.1) is 6.92 Å². The molecular formula is C13H19ClN4O2. The summed E-state index contributed by atoms with van der Waals surface area (Å²) in [5, 5.41) is 2.72. The molecule has 0 aliphatic rings. The van der Waals surface area contributed by atoms with Gasteiger partial charge in [0.15, 0.2) is 0 Å². The van der Waals surface area contributed by atoms with Crippen LogP contribution in [0.2, 0.25) is 0 Å². The zero-order chi connectivity index (χ0) is 13.8. The van der Waals surface area contributed by atoms with Crippen LogP contribution in [0.1, 0.15) is 11.4 Å². The van der Waals surface area contributed by atoms with Gasteiger partial charge < -0.3 is 20.8 Å². The van der Waals surface area contributed by atoms with E-state index in [-0.39, 0.29) is 24.9 Å². The number of methoxy groups -OCH3 is 1. The smallest absolute Gasteiger partial charge is 0.239 e. The number of aryl methyl sites for hydroxylation is 1. The summed E-state index contributed by atoms with van der Waals surface area (Å²) in [7, 11) is 1.51. The van der Waals surface area contributed by atoms with Crippen LogP contribution in [0.15, 0.2) is 18.2 Å². The molecule has 0 spiro atoms. The van der Waals surface area contributed by atoms with Crippen LogP contribution in [0.3, 0.4) is 0 Å². The van der Waals surface area contributed by atoms with Crippen molar-refractivity contribution in [3.8, 4) is 0 Å². The number of rotatable bonds is 5. The van der Waals surface area contributed by atoms with Crippen molar-refractivity contribution in [1.29, 1.82) is 0 Å². The van der Waals surface area contributed by atoms with Crippen molar-refractivity contribution in [1.82, 2.24) is 15.3 Å². The first-order chi connectivity index (χ1) is 9.10. The molecule has 0 aliphatic heterocycles. The highest BCUT2D eigenvalue weighted by Gasteiger charge is 2.13. The van der Waals surface area contributed by atoms with Gasteiger partial charge in [-0.15, -0.1) is 12.4 Å². The summed E-state index contributed by atoms with van der Waals surface area (Å²) in [4.78, 5) is 19.2. The van der Waals surface area contributed by atoms with Crippen molar-refractivity contribution < 1.29 is 9.53 Å². The summed E-state index contributed by atoms with van der Waals surface area (Å²) in [5.41, 5.74) is 8.63. The molecule has 2 rings (SSSR count). The fraction of sp³-hybridized carbons (Fsp3) is 0.385. The Morgan fingerprint density at radius 1 is 1.55 bits per heavy atom. The van der Waals surface area contributed by atoms with E-state index in [1.54, 1.807) is 0 Å². The van der Waals surface area contributed by atoms with Crippen LogP contribution in [0.25, 0.3) is 11.0 Å². The Kier molecular flexibility index (Phi) is 5.94. The van der Waals surface area contributed by atoms with Crippen molar-refractivity contribution >= 4 is 29.3 Å². The molecule has 0 bridgehead atoms. The van der Waals surface area contributed by atoms with Crippen LogP contribution in [-0.4, -0.2) is 35.6 Å². The Balaban J connectivity index is 0.00000200. The molecular weight excluding hydrogens is 280 g/mol. The number of fused-ring (bicyclic) bond motifs is 1. The lowest BCUT2D eigenvalue weighted by molar-refractivity contribution is -0.123. The van der Waals surface area contributed by atoms with E-state index in [0.29, 0.717) is 12.4 Å². The third-order valence-electron chi connectivity index (χ3n) is 2.80. The van der Waals surface area contributed by atoms with E-state index in [4.69, 9.17) is 10.5 Å². The SMILES string of the molecule is COCC(N)C(=O)NCc1nc2ccc(C)cc2[nH]1.Cl. The van der Waals surface area contributed by atoms with Crippen LogP contribution < -0.4 is 11.1 Å². The van der Waals surface area contributed by atoms with Crippen LogP contribution >= 0.6 is 12.4 Å². The standard InChI is InChI=1S/C13H18N4O2.ClH/c1-8-3-4-10-11(5-8)17-12(16-10)6-15-13(18)9(14)7-19-2;/h3-5,9H,6-7,14H2,1-2H3,(H,15,18)(H,16,17);1H.